The van der Waals surface area contributed by atoms with E-state index in [9.17, 15) is 0 Å². The fourth-order valence-corrected chi connectivity index (χ4v) is 2.97. The molecule has 0 aliphatic carbocycles. The van der Waals surface area contributed by atoms with Gasteiger partial charge in [0, 0.05) is 30.3 Å². The lowest BCUT2D eigenvalue weighted by atomic mass is 9.74. The molecule has 1 heterocycles. The maximum Gasteiger partial charge on any atom is 0.0471 e. The van der Waals surface area contributed by atoms with Crippen LogP contribution >= 0.6 is 11.6 Å². The highest BCUT2D eigenvalue weighted by molar-refractivity contribution is 6.30. The van der Waals surface area contributed by atoms with Crippen LogP contribution in [-0.4, -0.2) is 25.3 Å². The van der Waals surface area contributed by atoms with Gasteiger partial charge in [0.05, 0.1) is 0 Å². The third kappa shape index (κ3) is 4.76. The van der Waals surface area contributed by atoms with Crippen LogP contribution in [0.1, 0.15) is 39.2 Å². The normalized spacial score (nSPS) is 19.0. The summed E-state index contributed by atoms with van der Waals surface area (Å²) >= 11 is 6.12. The summed E-state index contributed by atoms with van der Waals surface area (Å²) in [6, 6.07) is 8.26. The average Bonchev–Trinajstić information content (AvgIpc) is 2.37. The second-order valence-corrected chi connectivity index (χ2v) is 7.46. The summed E-state index contributed by atoms with van der Waals surface area (Å²) < 4.78 is 5.56. The van der Waals surface area contributed by atoms with Gasteiger partial charge in [-0.3, -0.25) is 0 Å². The summed E-state index contributed by atoms with van der Waals surface area (Å²) in [6.07, 6.45) is 3.30. The molecule has 2 nitrogen and oxygen atoms in total. The van der Waals surface area contributed by atoms with Crippen molar-refractivity contribution in [1.82, 2.24) is 5.32 Å². The number of halogens is 1. The van der Waals surface area contributed by atoms with Crippen molar-refractivity contribution in [3.8, 4) is 0 Å². The van der Waals surface area contributed by atoms with E-state index in [4.69, 9.17) is 16.3 Å². The molecule has 112 valence electrons. The first-order valence-corrected chi connectivity index (χ1v) is 7.84. The van der Waals surface area contributed by atoms with Crippen molar-refractivity contribution in [2.45, 2.75) is 45.6 Å². The van der Waals surface area contributed by atoms with Gasteiger partial charge in [0.15, 0.2) is 0 Å². The topological polar surface area (TPSA) is 21.3 Å². The van der Waals surface area contributed by atoms with Gasteiger partial charge in [-0.25, -0.2) is 0 Å². The van der Waals surface area contributed by atoms with Crippen molar-refractivity contribution in [1.29, 1.82) is 0 Å². The highest BCUT2D eigenvalue weighted by Crippen LogP contribution is 2.34. The van der Waals surface area contributed by atoms with Crippen molar-refractivity contribution in [2.75, 3.05) is 19.8 Å². The number of ether oxygens (including phenoxy) is 1. The molecule has 0 unspecified atom stereocenters. The molecule has 1 aliphatic heterocycles. The number of rotatable bonds is 4. The van der Waals surface area contributed by atoms with Crippen molar-refractivity contribution in [2.24, 2.45) is 5.41 Å². The van der Waals surface area contributed by atoms with Crippen molar-refractivity contribution in [3.63, 3.8) is 0 Å². The molecule has 0 spiro atoms. The maximum atomic E-state index is 6.12. The summed E-state index contributed by atoms with van der Waals surface area (Å²) in [5, 5.41) is 4.51. The first kappa shape index (κ1) is 15.8. The molecule has 0 atom stereocenters. The fourth-order valence-electron chi connectivity index (χ4n) is 2.75. The van der Waals surface area contributed by atoms with E-state index in [0.717, 1.165) is 44.0 Å². The lowest BCUT2D eigenvalue weighted by Crippen LogP contribution is -2.47. The Morgan fingerprint density at radius 1 is 1.25 bits per heavy atom. The largest absolute Gasteiger partial charge is 0.381 e. The van der Waals surface area contributed by atoms with Crippen LogP contribution < -0.4 is 5.32 Å². The molecule has 1 N–H and O–H groups in total. The van der Waals surface area contributed by atoms with Crippen LogP contribution in [0.4, 0.5) is 0 Å². The van der Waals surface area contributed by atoms with Crippen LogP contribution in [0, 0.1) is 5.41 Å². The molecule has 3 heteroatoms. The first-order valence-electron chi connectivity index (χ1n) is 7.46. The van der Waals surface area contributed by atoms with E-state index in [0.29, 0.717) is 0 Å². The lowest BCUT2D eigenvalue weighted by Gasteiger charge is -2.40. The van der Waals surface area contributed by atoms with E-state index in [1.807, 2.05) is 12.1 Å². The van der Waals surface area contributed by atoms with Crippen LogP contribution in [-0.2, 0) is 11.2 Å². The van der Waals surface area contributed by atoms with Gasteiger partial charge in [0.25, 0.3) is 0 Å². The first-order chi connectivity index (χ1) is 9.39. The third-order valence-corrected chi connectivity index (χ3v) is 4.25. The predicted octanol–water partition coefficient (Wildman–Crippen LogP) is 4.07. The molecule has 0 bridgehead atoms. The van der Waals surface area contributed by atoms with Crippen LogP contribution in [0.15, 0.2) is 24.3 Å². The van der Waals surface area contributed by atoms with Gasteiger partial charge in [-0.1, -0.05) is 23.7 Å². The maximum absolute atomic E-state index is 6.12. The summed E-state index contributed by atoms with van der Waals surface area (Å²) in [4.78, 5) is 0. The quantitative estimate of drug-likeness (QED) is 0.904. The zero-order valence-electron chi connectivity index (χ0n) is 12.8. The van der Waals surface area contributed by atoms with E-state index in [2.05, 4.69) is 38.2 Å². The van der Waals surface area contributed by atoms with E-state index in [1.54, 1.807) is 0 Å². The minimum absolute atomic E-state index is 0.152. The molecule has 2 rings (SSSR count). The van der Waals surface area contributed by atoms with Crippen LogP contribution in [0.5, 0.6) is 0 Å². The Kier molecular flexibility index (Phi) is 5.11. The zero-order chi connectivity index (χ0) is 14.6. The van der Waals surface area contributed by atoms with Crippen molar-refractivity contribution < 1.29 is 4.74 Å². The number of hydrogen-bond donors (Lipinski definition) is 1. The Bertz CT molecular complexity index is 433. The Balaban J connectivity index is 2.10. The van der Waals surface area contributed by atoms with Crippen molar-refractivity contribution >= 4 is 11.6 Å². The van der Waals surface area contributed by atoms with E-state index >= 15 is 0 Å². The standard InChI is InChI=1S/C17H26ClNO/c1-16(2,3)19-13-17(7-9-20-10-8-17)12-14-5-4-6-15(18)11-14/h4-6,11,19H,7-10,12-13H2,1-3H3. The molecule has 1 aliphatic rings. The SMILES string of the molecule is CC(C)(C)NCC1(Cc2cccc(Cl)c2)CCOCC1. The van der Waals surface area contributed by atoms with Gasteiger partial charge in [-0.05, 0) is 63.1 Å². The lowest BCUT2D eigenvalue weighted by molar-refractivity contribution is 0.0121. The molecular formula is C17H26ClNO. The summed E-state index contributed by atoms with van der Waals surface area (Å²) in [6.45, 7) is 9.43. The Morgan fingerprint density at radius 2 is 1.95 bits per heavy atom. The minimum atomic E-state index is 0.152. The Labute approximate surface area is 127 Å². The van der Waals surface area contributed by atoms with Gasteiger partial charge in [0.2, 0.25) is 0 Å². The molecule has 0 radical (unpaired) electrons. The van der Waals surface area contributed by atoms with Crippen LogP contribution in [0.25, 0.3) is 0 Å². The number of nitrogens with one attached hydrogen (secondary N) is 1. The molecule has 0 amide bonds. The smallest absolute Gasteiger partial charge is 0.0471 e. The fraction of sp³-hybridized carbons (Fsp3) is 0.647. The zero-order valence-corrected chi connectivity index (χ0v) is 13.6. The number of benzene rings is 1. The molecule has 1 aromatic carbocycles. The molecule has 1 saturated heterocycles. The van der Waals surface area contributed by atoms with Gasteiger partial charge in [-0.15, -0.1) is 0 Å². The highest BCUT2D eigenvalue weighted by Gasteiger charge is 2.33. The third-order valence-electron chi connectivity index (χ3n) is 4.02. The van der Waals surface area contributed by atoms with E-state index in [-0.39, 0.29) is 11.0 Å². The van der Waals surface area contributed by atoms with Crippen molar-refractivity contribution in [3.05, 3.63) is 34.9 Å². The molecule has 0 saturated carbocycles. The second kappa shape index (κ2) is 6.46. The summed E-state index contributed by atoms with van der Waals surface area (Å²) in [5.74, 6) is 0. The molecule has 20 heavy (non-hydrogen) atoms. The molecule has 0 aromatic heterocycles. The number of hydrogen-bond acceptors (Lipinski definition) is 2. The monoisotopic (exact) mass is 295 g/mol. The van der Waals surface area contributed by atoms with Crippen LogP contribution in [0.2, 0.25) is 5.02 Å². The van der Waals surface area contributed by atoms with E-state index < -0.39 is 0 Å². The minimum Gasteiger partial charge on any atom is -0.381 e. The summed E-state index contributed by atoms with van der Waals surface area (Å²) in [7, 11) is 0. The molecular weight excluding hydrogens is 270 g/mol. The summed E-state index contributed by atoms with van der Waals surface area (Å²) in [5.41, 5.74) is 1.77. The highest BCUT2D eigenvalue weighted by atomic mass is 35.5. The molecule has 1 aromatic rings. The Morgan fingerprint density at radius 3 is 2.55 bits per heavy atom. The average molecular weight is 296 g/mol. The molecule has 1 fully saturated rings. The van der Waals surface area contributed by atoms with Gasteiger partial charge >= 0.3 is 0 Å². The Hall–Kier alpha value is -0.570. The van der Waals surface area contributed by atoms with Crippen LogP contribution in [0.3, 0.4) is 0 Å². The van der Waals surface area contributed by atoms with Gasteiger partial charge in [-0.2, -0.15) is 0 Å². The second-order valence-electron chi connectivity index (χ2n) is 7.02. The van der Waals surface area contributed by atoms with Gasteiger partial charge in [0.1, 0.15) is 0 Å². The van der Waals surface area contributed by atoms with E-state index in [1.165, 1.54) is 5.56 Å². The predicted molar refractivity (Wildman–Crippen MR) is 85.4 cm³/mol. The van der Waals surface area contributed by atoms with Gasteiger partial charge < -0.3 is 10.1 Å².